The lowest BCUT2D eigenvalue weighted by atomic mass is 10.1. The lowest BCUT2D eigenvalue weighted by Gasteiger charge is -2.33. The maximum absolute atomic E-state index is 11.5. The molecule has 2 fully saturated rings. The number of likely N-dealkylation sites (tertiary alicyclic amines) is 2. The van der Waals surface area contributed by atoms with Gasteiger partial charge in [-0.05, 0) is 12.8 Å². The monoisotopic (exact) mass is 417 g/mol. The van der Waals surface area contributed by atoms with E-state index >= 15 is 0 Å². The van der Waals surface area contributed by atoms with Gasteiger partial charge in [0.05, 0.1) is 19.6 Å². The fourth-order valence-corrected chi connectivity index (χ4v) is 4.16. The fourth-order valence-electron chi connectivity index (χ4n) is 4.16. The first-order valence-corrected chi connectivity index (χ1v) is 8.84. The summed E-state index contributed by atoms with van der Waals surface area (Å²) in [6.45, 7) is -1.58. The van der Waals surface area contributed by atoms with E-state index in [-0.39, 0.29) is 25.9 Å². The molecule has 0 aromatic carbocycles. The highest BCUT2D eigenvalue weighted by molar-refractivity contribution is 5.77. The van der Waals surface area contributed by atoms with Gasteiger partial charge in [-0.25, -0.2) is 0 Å². The standard InChI is InChI=1S/C16H23N3O10/c20-12(21)5-17-3-8(1-10(17)15(26)27)19(7-14(24)25)9-2-11(16(28)29)18(4-9)6-13(22)23/h8-11H,1-7H2,(H,20,21)(H,22,23)(H,24,25)(H,26,27)(H,28,29)/t8-,9+,10-,11+. The van der Waals surface area contributed by atoms with Gasteiger partial charge in [-0.2, -0.15) is 0 Å². The van der Waals surface area contributed by atoms with Crippen LogP contribution in [0.15, 0.2) is 0 Å². The molecule has 0 bridgehead atoms. The average Bonchev–Trinajstić information content (AvgIpc) is 3.15. The first-order valence-electron chi connectivity index (χ1n) is 8.84. The summed E-state index contributed by atoms with van der Waals surface area (Å²) in [5, 5.41) is 46.0. The van der Waals surface area contributed by atoms with Crippen molar-refractivity contribution in [3.8, 4) is 0 Å². The summed E-state index contributed by atoms with van der Waals surface area (Å²) < 4.78 is 0. The van der Waals surface area contributed by atoms with Gasteiger partial charge >= 0.3 is 29.8 Å². The summed E-state index contributed by atoms with van der Waals surface area (Å²) in [6, 6.07) is -3.48. The second-order valence-corrected chi connectivity index (χ2v) is 7.20. The van der Waals surface area contributed by atoms with Gasteiger partial charge in [-0.15, -0.1) is 0 Å². The van der Waals surface area contributed by atoms with Crippen molar-refractivity contribution in [2.75, 3.05) is 32.7 Å². The first kappa shape index (κ1) is 22.5. The molecule has 0 radical (unpaired) electrons. The molecule has 2 saturated heterocycles. The third kappa shape index (κ3) is 5.62. The zero-order chi connectivity index (χ0) is 21.9. The Morgan fingerprint density at radius 2 is 1.07 bits per heavy atom. The first-order chi connectivity index (χ1) is 13.5. The predicted molar refractivity (Wildman–Crippen MR) is 92.4 cm³/mol. The molecule has 4 atom stereocenters. The highest BCUT2D eigenvalue weighted by Gasteiger charge is 2.46. The predicted octanol–water partition coefficient (Wildman–Crippen LogP) is -2.40. The van der Waals surface area contributed by atoms with Crippen molar-refractivity contribution < 1.29 is 49.5 Å². The van der Waals surface area contributed by atoms with Gasteiger partial charge in [0.15, 0.2) is 0 Å². The van der Waals surface area contributed by atoms with Crippen molar-refractivity contribution in [3.05, 3.63) is 0 Å². The zero-order valence-corrected chi connectivity index (χ0v) is 15.4. The minimum atomic E-state index is -1.23. The van der Waals surface area contributed by atoms with E-state index in [2.05, 4.69) is 0 Å². The maximum atomic E-state index is 11.5. The fraction of sp³-hybridized carbons (Fsp3) is 0.688. The van der Waals surface area contributed by atoms with E-state index < -0.39 is 73.6 Å². The van der Waals surface area contributed by atoms with Crippen LogP contribution in [-0.4, -0.2) is 127 Å². The van der Waals surface area contributed by atoms with Crippen LogP contribution in [0.4, 0.5) is 0 Å². The van der Waals surface area contributed by atoms with Crippen molar-refractivity contribution >= 4 is 29.8 Å². The van der Waals surface area contributed by atoms with Crippen LogP contribution in [0.1, 0.15) is 12.8 Å². The molecular formula is C16H23N3O10. The average molecular weight is 417 g/mol. The van der Waals surface area contributed by atoms with Crippen molar-refractivity contribution in [1.29, 1.82) is 0 Å². The number of rotatable bonds is 10. The van der Waals surface area contributed by atoms with Crippen LogP contribution in [0.25, 0.3) is 0 Å². The number of aliphatic carboxylic acids is 5. The van der Waals surface area contributed by atoms with Gasteiger partial charge in [0.1, 0.15) is 12.1 Å². The van der Waals surface area contributed by atoms with Crippen molar-refractivity contribution in [2.45, 2.75) is 37.0 Å². The van der Waals surface area contributed by atoms with E-state index in [9.17, 15) is 39.3 Å². The van der Waals surface area contributed by atoms with Crippen molar-refractivity contribution in [3.63, 3.8) is 0 Å². The quantitative estimate of drug-likeness (QED) is 0.252. The van der Waals surface area contributed by atoms with E-state index in [0.29, 0.717) is 0 Å². The molecule has 2 heterocycles. The molecule has 162 valence electrons. The molecule has 0 unspecified atom stereocenters. The summed E-state index contributed by atoms with van der Waals surface area (Å²) in [5.74, 6) is -6.11. The summed E-state index contributed by atoms with van der Waals surface area (Å²) in [5.41, 5.74) is 0. The van der Waals surface area contributed by atoms with Crippen LogP contribution in [0.3, 0.4) is 0 Å². The summed E-state index contributed by atoms with van der Waals surface area (Å²) >= 11 is 0. The molecule has 29 heavy (non-hydrogen) atoms. The number of hydrogen-bond acceptors (Lipinski definition) is 8. The van der Waals surface area contributed by atoms with Crippen LogP contribution in [0.2, 0.25) is 0 Å². The van der Waals surface area contributed by atoms with E-state index in [0.717, 1.165) is 0 Å². The van der Waals surface area contributed by atoms with E-state index in [4.69, 9.17) is 10.2 Å². The smallest absolute Gasteiger partial charge is 0.320 e. The molecule has 2 aliphatic rings. The van der Waals surface area contributed by atoms with Crippen LogP contribution in [0, 0.1) is 0 Å². The SMILES string of the molecule is O=C(O)CN1C[C@H](N(CC(=O)O)[C@H]2C[C@@H](C(=O)O)N(CC(=O)O)C2)C[C@@H]1C(=O)O. The lowest BCUT2D eigenvalue weighted by molar-refractivity contribution is -0.146. The van der Waals surface area contributed by atoms with E-state index in [1.54, 1.807) is 0 Å². The van der Waals surface area contributed by atoms with Gasteiger partial charge < -0.3 is 25.5 Å². The Kier molecular flexibility index (Phi) is 7.11. The van der Waals surface area contributed by atoms with Crippen LogP contribution in [0.5, 0.6) is 0 Å². The Morgan fingerprint density at radius 1 is 0.690 bits per heavy atom. The molecule has 0 saturated carbocycles. The summed E-state index contributed by atoms with van der Waals surface area (Å²) in [7, 11) is 0. The molecule has 13 nitrogen and oxygen atoms in total. The minimum Gasteiger partial charge on any atom is -0.480 e. The van der Waals surface area contributed by atoms with Crippen LogP contribution in [-0.2, 0) is 24.0 Å². The Hall–Kier alpha value is -2.77. The number of carboxylic acids is 5. The van der Waals surface area contributed by atoms with Gasteiger partial charge in [0, 0.05) is 25.2 Å². The third-order valence-electron chi connectivity index (χ3n) is 5.27. The second-order valence-electron chi connectivity index (χ2n) is 7.20. The van der Waals surface area contributed by atoms with E-state index in [1.165, 1.54) is 14.7 Å². The number of carbonyl (C=O) groups is 5. The molecule has 0 amide bonds. The molecule has 2 aliphatic heterocycles. The Labute approximate surface area is 164 Å². The van der Waals surface area contributed by atoms with E-state index in [1.807, 2.05) is 0 Å². The largest absolute Gasteiger partial charge is 0.480 e. The molecule has 0 aliphatic carbocycles. The van der Waals surface area contributed by atoms with Gasteiger partial charge in [0.2, 0.25) is 0 Å². The lowest BCUT2D eigenvalue weighted by Crippen LogP contribution is -2.48. The van der Waals surface area contributed by atoms with Crippen molar-refractivity contribution in [2.24, 2.45) is 0 Å². The molecule has 5 N–H and O–H groups in total. The number of hydrogen-bond donors (Lipinski definition) is 5. The van der Waals surface area contributed by atoms with Crippen LogP contribution >= 0.6 is 0 Å². The van der Waals surface area contributed by atoms with Crippen molar-refractivity contribution in [1.82, 2.24) is 14.7 Å². The third-order valence-corrected chi connectivity index (χ3v) is 5.27. The molecular weight excluding hydrogens is 394 g/mol. The molecule has 2 rings (SSSR count). The second kappa shape index (κ2) is 9.15. The molecule has 13 heteroatoms. The highest BCUT2D eigenvalue weighted by Crippen LogP contribution is 2.29. The summed E-state index contributed by atoms with van der Waals surface area (Å²) in [6.07, 6.45) is -0.0495. The highest BCUT2D eigenvalue weighted by atomic mass is 16.4. The number of nitrogens with zero attached hydrogens (tertiary/aromatic N) is 3. The Morgan fingerprint density at radius 3 is 1.34 bits per heavy atom. The molecule has 0 spiro atoms. The topological polar surface area (TPSA) is 196 Å². The molecule has 0 aromatic rings. The normalized spacial score (nSPS) is 27.9. The van der Waals surface area contributed by atoms with Gasteiger partial charge in [-0.3, -0.25) is 38.7 Å². The zero-order valence-electron chi connectivity index (χ0n) is 15.4. The maximum Gasteiger partial charge on any atom is 0.320 e. The Bertz CT molecular complexity index is 648. The summed E-state index contributed by atoms with van der Waals surface area (Å²) in [4.78, 5) is 60.3. The Balaban J connectivity index is 2.24. The number of carboxylic acid groups (broad SMARTS) is 5. The van der Waals surface area contributed by atoms with Gasteiger partial charge in [0.25, 0.3) is 0 Å². The van der Waals surface area contributed by atoms with Gasteiger partial charge in [-0.1, -0.05) is 0 Å². The minimum absolute atomic E-state index is 0.0102. The molecule has 0 aromatic heterocycles. The van der Waals surface area contributed by atoms with Crippen LogP contribution < -0.4 is 0 Å².